The molecule has 1 atom stereocenters. The van der Waals surface area contributed by atoms with E-state index < -0.39 is 0 Å². The van der Waals surface area contributed by atoms with Gasteiger partial charge in [-0.1, -0.05) is 30.3 Å². The van der Waals surface area contributed by atoms with Crippen LogP contribution in [0.2, 0.25) is 0 Å². The van der Waals surface area contributed by atoms with Gasteiger partial charge in [0.15, 0.2) is 5.96 Å². The van der Waals surface area contributed by atoms with Gasteiger partial charge in [0.05, 0.1) is 19.8 Å². The second-order valence-electron chi connectivity index (χ2n) is 7.15. The lowest BCUT2D eigenvalue weighted by atomic mass is 10.1. The number of likely N-dealkylation sites (tertiary alicyclic amines) is 1. The molecule has 6 nitrogen and oxygen atoms in total. The summed E-state index contributed by atoms with van der Waals surface area (Å²) in [5.41, 5.74) is 1.21. The maximum atomic E-state index is 12.2. The molecule has 6 heteroatoms. The molecule has 1 amide bonds. The van der Waals surface area contributed by atoms with Gasteiger partial charge in [0.1, 0.15) is 0 Å². The van der Waals surface area contributed by atoms with Gasteiger partial charge < -0.3 is 19.9 Å². The Morgan fingerprint density at radius 1 is 1.25 bits per heavy atom. The average molecular weight is 389 g/mol. The fourth-order valence-corrected chi connectivity index (χ4v) is 3.50. The molecular weight excluding hydrogens is 352 g/mol. The first-order valence-corrected chi connectivity index (χ1v) is 10.6. The van der Waals surface area contributed by atoms with Crippen LogP contribution in [-0.4, -0.2) is 67.5 Å². The van der Waals surface area contributed by atoms with E-state index in [9.17, 15) is 4.79 Å². The van der Waals surface area contributed by atoms with Gasteiger partial charge in [0.25, 0.3) is 0 Å². The lowest BCUT2D eigenvalue weighted by Crippen LogP contribution is -2.40. The normalized spacial score (nSPS) is 17.0. The molecule has 1 aromatic carbocycles. The molecule has 1 unspecified atom stereocenters. The van der Waals surface area contributed by atoms with Crippen molar-refractivity contribution < 1.29 is 9.53 Å². The standard InChI is InChI=1S/C22H36N4O2/c1-4-23-22(24-14-12-21(27)25(5-2)6-3)26-15-13-20(16-26)18-28-17-19-10-8-7-9-11-19/h7-11,20H,4-6,12-18H2,1-3H3,(H,23,24). The van der Waals surface area contributed by atoms with Crippen molar-refractivity contribution in [2.75, 3.05) is 45.9 Å². The van der Waals surface area contributed by atoms with Gasteiger partial charge in [-0.2, -0.15) is 0 Å². The van der Waals surface area contributed by atoms with Crippen molar-refractivity contribution in [2.24, 2.45) is 10.9 Å². The average Bonchev–Trinajstić information content (AvgIpc) is 3.18. The zero-order chi connectivity index (χ0) is 20.2. The van der Waals surface area contributed by atoms with Crippen molar-refractivity contribution in [3.63, 3.8) is 0 Å². The zero-order valence-corrected chi connectivity index (χ0v) is 17.7. The van der Waals surface area contributed by atoms with Crippen molar-refractivity contribution in [3.8, 4) is 0 Å². The summed E-state index contributed by atoms with van der Waals surface area (Å²) >= 11 is 0. The Bertz CT molecular complexity index is 602. The van der Waals surface area contributed by atoms with Crippen LogP contribution in [0.4, 0.5) is 0 Å². The highest BCUT2D eigenvalue weighted by atomic mass is 16.5. The summed E-state index contributed by atoms with van der Waals surface area (Å²) in [5, 5.41) is 3.37. The highest BCUT2D eigenvalue weighted by Crippen LogP contribution is 2.17. The summed E-state index contributed by atoms with van der Waals surface area (Å²) in [4.78, 5) is 21.0. The molecule has 2 rings (SSSR count). The molecule has 156 valence electrons. The van der Waals surface area contributed by atoms with E-state index in [4.69, 9.17) is 9.73 Å². The number of rotatable bonds is 10. The van der Waals surface area contributed by atoms with Gasteiger partial charge in [0.2, 0.25) is 5.91 Å². The predicted octanol–water partition coefficient (Wildman–Crippen LogP) is 2.75. The largest absolute Gasteiger partial charge is 0.376 e. The van der Waals surface area contributed by atoms with Gasteiger partial charge >= 0.3 is 0 Å². The fourth-order valence-electron chi connectivity index (χ4n) is 3.50. The number of amides is 1. The smallest absolute Gasteiger partial charge is 0.224 e. The van der Waals surface area contributed by atoms with Gasteiger partial charge in [0, 0.05) is 45.1 Å². The minimum Gasteiger partial charge on any atom is -0.376 e. The summed E-state index contributed by atoms with van der Waals surface area (Å²) in [6, 6.07) is 10.3. The van der Waals surface area contributed by atoms with E-state index in [2.05, 4.69) is 29.3 Å². The molecule has 1 aliphatic heterocycles. The fraction of sp³-hybridized carbons (Fsp3) is 0.636. The van der Waals surface area contributed by atoms with Crippen LogP contribution in [0.15, 0.2) is 35.3 Å². The molecular formula is C22H36N4O2. The van der Waals surface area contributed by atoms with E-state index in [-0.39, 0.29) is 5.91 Å². The number of benzene rings is 1. The molecule has 0 radical (unpaired) electrons. The summed E-state index contributed by atoms with van der Waals surface area (Å²) in [6.07, 6.45) is 1.58. The highest BCUT2D eigenvalue weighted by Gasteiger charge is 2.25. The quantitative estimate of drug-likeness (QED) is 0.495. The molecule has 1 fully saturated rings. The van der Waals surface area contributed by atoms with Gasteiger partial charge in [-0.15, -0.1) is 0 Å². The second kappa shape index (κ2) is 12.4. The number of nitrogens with one attached hydrogen (secondary N) is 1. The van der Waals surface area contributed by atoms with Gasteiger partial charge in [-0.05, 0) is 32.8 Å². The number of ether oxygens (including phenoxy) is 1. The lowest BCUT2D eigenvalue weighted by Gasteiger charge is -2.22. The Hall–Kier alpha value is -2.08. The van der Waals surface area contributed by atoms with E-state index in [1.165, 1.54) is 5.56 Å². The third-order valence-electron chi connectivity index (χ3n) is 5.09. The summed E-state index contributed by atoms with van der Waals surface area (Å²) < 4.78 is 5.92. The molecule has 0 saturated carbocycles. The van der Waals surface area contributed by atoms with Gasteiger partial charge in [-0.3, -0.25) is 9.79 Å². The number of guanidine groups is 1. The van der Waals surface area contributed by atoms with Crippen LogP contribution in [0, 0.1) is 5.92 Å². The molecule has 1 heterocycles. The first-order valence-electron chi connectivity index (χ1n) is 10.6. The maximum absolute atomic E-state index is 12.2. The SMILES string of the molecule is CCNC(=NCCC(=O)N(CC)CC)N1CCC(COCc2ccccc2)C1. The van der Waals surface area contributed by atoms with Crippen LogP contribution < -0.4 is 5.32 Å². The number of hydrogen-bond donors (Lipinski definition) is 1. The molecule has 28 heavy (non-hydrogen) atoms. The van der Waals surface area contributed by atoms with Crippen molar-refractivity contribution >= 4 is 11.9 Å². The molecule has 0 aliphatic carbocycles. The number of hydrogen-bond acceptors (Lipinski definition) is 3. The van der Waals surface area contributed by atoms with Crippen molar-refractivity contribution in [2.45, 2.75) is 40.2 Å². The minimum absolute atomic E-state index is 0.179. The highest BCUT2D eigenvalue weighted by molar-refractivity contribution is 5.81. The summed E-state index contributed by atoms with van der Waals surface area (Å²) in [5.74, 6) is 1.61. The monoisotopic (exact) mass is 388 g/mol. The molecule has 1 aliphatic rings. The van der Waals surface area contributed by atoms with Crippen LogP contribution in [0.25, 0.3) is 0 Å². The second-order valence-corrected chi connectivity index (χ2v) is 7.15. The Balaban J connectivity index is 1.77. The maximum Gasteiger partial charge on any atom is 0.224 e. The first-order chi connectivity index (χ1) is 13.7. The van der Waals surface area contributed by atoms with Crippen molar-refractivity contribution in [3.05, 3.63) is 35.9 Å². The Morgan fingerprint density at radius 3 is 2.68 bits per heavy atom. The van der Waals surface area contributed by atoms with E-state index >= 15 is 0 Å². The molecule has 0 aromatic heterocycles. The number of nitrogens with zero attached hydrogens (tertiary/aromatic N) is 3. The molecule has 0 spiro atoms. The number of aliphatic imine (C=N–C) groups is 1. The Morgan fingerprint density at radius 2 is 2.00 bits per heavy atom. The third kappa shape index (κ3) is 7.15. The van der Waals surface area contributed by atoms with Crippen molar-refractivity contribution in [1.82, 2.24) is 15.1 Å². The number of carbonyl (C=O) groups is 1. The van der Waals surface area contributed by atoms with E-state index in [1.807, 2.05) is 36.9 Å². The van der Waals surface area contributed by atoms with E-state index in [0.717, 1.165) is 51.7 Å². The lowest BCUT2D eigenvalue weighted by molar-refractivity contribution is -0.130. The van der Waals surface area contributed by atoms with Crippen LogP contribution >= 0.6 is 0 Å². The van der Waals surface area contributed by atoms with Crippen LogP contribution in [-0.2, 0) is 16.1 Å². The minimum atomic E-state index is 0.179. The first kappa shape index (κ1) is 22.2. The molecule has 1 N–H and O–H groups in total. The Labute approximate surface area is 170 Å². The van der Waals surface area contributed by atoms with Gasteiger partial charge in [-0.25, -0.2) is 0 Å². The molecule has 1 saturated heterocycles. The summed E-state index contributed by atoms with van der Waals surface area (Å²) in [7, 11) is 0. The Kier molecular flexibility index (Phi) is 9.83. The van der Waals surface area contributed by atoms with Crippen LogP contribution in [0.1, 0.15) is 39.2 Å². The molecule has 0 bridgehead atoms. The zero-order valence-electron chi connectivity index (χ0n) is 17.7. The van der Waals surface area contributed by atoms with Crippen LogP contribution in [0.3, 0.4) is 0 Å². The third-order valence-corrected chi connectivity index (χ3v) is 5.09. The molecule has 1 aromatic rings. The topological polar surface area (TPSA) is 57.2 Å². The number of carbonyl (C=O) groups excluding carboxylic acids is 1. The van der Waals surface area contributed by atoms with Crippen LogP contribution in [0.5, 0.6) is 0 Å². The van der Waals surface area contributed by atoms with Crippen molar-refractivity contribution in [1.29, 1.82) is 0 Å². The predicted molar refractivity (Wildman–Crippen MR) is 114 cm³/mol. The summed E-state index contributed by atoms with van der Waals surface area (Å²) in [6.45, 7) is 12.3. The van der Waals surface area contributed by atoms with E-state index in [0.29, 0.717) is 25.5 Å². The van der Waals surface area contributed by atoms with E-state index in [1.54, 1.807) is 0 Å².